The van der Waals surface area contributed by atoms with E-state index in [0.29, 0.717) is 6.04 Å². The van der Waals surface area contributed by atoms with Gasteiger partial charge >= 0.3 is 0 Å². The minimum absolute atomic E-state index is 0.641. The highest BCUT2D eigenvalue weighted by Crippen LogP contribution is 2.21. The number of fused-ring (bicyclic) bond motifs is 1. The standard InChI is InChI=1S/C13H17N3/c1-2-5-11(6-3-1)15-13-8-4-7-12-14-9-10-16(12)13/h4,7-11,15H,1-3,5-6H2. The molecule has 3 rings (SSSR count). The largest absolute Gasteiger partial charge is 0.368 e. The zero-order valence-corrected chi connectivity index (χ0v) is 9.39. The van der Waals surface area contributed by atoms with Crippen LogP contribution in [0, 0.1) is 0 Å². The smallest absolute Gasteiger partial charge is 0.138 e. The lowest BCUT2D eigenvalue weighted by molar-refractivity contribution is 0.461. The number of nitrogens with one attached hydrogen (secondary N) is 1. The Morgan fingerprint density at radius 3 is 2.94 bits per heavy atom. The van der Waals surface area contributed by atoms with Crippen LogP contribution in [-0.2, 0) is 0 Å². The minimum atomic E-state index is 0.641. The van der Waals surface area contributed by atoms with E-state index in [1.807, 2.05) is 18.5 Å². The van der Waals surface area contributed by atoms with Crippen LogP contribution in [-0.4, -0.2) is 15.4 Å². The highest BCUT2D eigenvalue weighted by atomic mass is 15.1. The van der Waals surface area contributed by atoms with Gasteiger partial charge in [-0.25, -0.2) is 4.98 Å². The van der Waals surface area contributed by atoms with Gasteiger partial charge in [-0.05, 0) is 25.0 Å². The first kappa shape index (κ1) is 9.70. The predicted molar refractivity (Wildman–Crippen MR) is 65.7 cm³/mol. The van der Waals surface area contributed by atoms with Gasteiger partial charge in [0.1, 0.15) is 11.5 Å². The van der Waals surface area contributed by atoms with Gasteiger partial charge < -0.3 is 5.32 Å². The Hall–Kier alpha value is -1.51. The normalized spacial score (nSPS) is 17.8. The van der Waals surface area contributed by atoms with Crippen molar-refractivity contribution in [3.63, 3.8) is 0 Å². The Morgan fingerprint density at radius 1 is 1.19 bits per heavy atom. The molecule has 0 unspecified atom stereocenters. The lowest BCUT2D eigenvalue weighted by Crippen LogP contribution is -2.23. The molecular formula is C13H17N3. The van der Waals surface area contributed by atoms with E-state index < -0.39 is 0 Å². The Morgan fingerprint density at radius 2 is 2.06 bits per heavy atom. The third-order valence-corrected chi connectivity index (χ3v) is 3.39. The monoisotopic (exact) mass is 215 g/mol. The molecule has 2 heterocycles. The number of rotatable bonds is 2. The molecule has 2 aromatic heterocycles. The van der Waals surface area contributed by atoms with Crippen molar-refractivity contribution >= 4 is 11.5 Å². The van der Waals surface area contributed by atoms with Crippen LogP contribution in [0.3, 0.4) is 0 Å². The van der Waals surface area contributed by atoms with Gasteiger partial charge in [-0.3, -0.25) is 4.40 Å². The summed E-state index contributed by atoms with van der Waals surface area (Å²) in [6.45, 7) is 0. The highest BCUT2D eigenvalue weighted by Gasteiger charge is 2.13. The summed E-state index contributed by atoms with van der Waals surface area (Å²) in [6, 6.07) is 6.87. The molecule has 0 aromatic carbocycles. The summed E-state index contributed by atoms with van der Waals surface area (Å²) in [6.07, 6.45) is 10.6. The Labute approximate surface area is 95.5 Å². The summed E-state index contributed by atoms with van der Waals surface area (Å²) >= 11 is 0. The summed E-state index contributed by atoms with van der Waals surface area (Å²) in [7, 11) is 0. The van der Waals surface area contributed by atoms with E-state index in [1.54, 1.807) is 0 Å². The molecule has 3 heteroatoms. The summed E-state index contributed by atoms with van der Waals surface area (Å²) in [5.41, 5.74) is 1.01. The third kappa shape index (κ3) is 1.77. The topological polar surface area (TPSA) is 29.3 Å². The molecule has 1 saturated carbocycles. The maximum Gasteiger partial charge on any atom is 0.138 e. The van der Waals surface area contributed by atoms with Gasteiger partial charge in [-0.2, -0.15) is 0 Å². The first-order valence-electron chi connectivity index (χ1n) is 6.12. The molecule has 0 atom stereocenters. The zero-order chi connectivity index (χ0) is 10.8. The van der Waals surface area contributed by atoms with Gasteiger partial charge in [0.2, 0.25) is 0 Å². The second-order valence-electron chi connectivity index (χ2n) is 4.55. The van der Waals surface area contributed by atoms with E-state index in [1.165, 1.54) is 37.9 Å². The van der Waals surface area contributed by atoms with Crippen LogP contribution in [0.4, 0.5) is 5.82 Å². The average Bonchev–Trinajstić information content (AvgIpc) is 2.80. The van der Waals surface area contributed by atoms with Gasteiger partial charge in [0.15, 0.2) is 0 Å². The number of anilines is 1. The minimum Gasteiger partial charge on any atom is -0.368 e. The van der Waals surface area contributed by atoms with Crippen LogP contribution < -0.4 is 5.32 Å². The van der Waals surface area contributed by atoms with E-state index in [4.69, 9.17) is 0 Å². The zero-order valence-electron chi connectivity index (χ0n) is 9.39. The molecule has 2 aromatic rings. The second kappa shape index (κ2) is 4.16. The van der Waals surface area contributed by atoms with Crippen LogP contribution in [0.15, 0.2) is 30.6 Å². The Bertz CT molecular complexity index is 469. The van der Waals surface area contributed by atoms with Gasteiger partial charge in [-0.1, -0.05) is 25.3 Å². The number of pyridine rings is 1. The second-order valence-corrected chi connectivity index (χ2v) is 4.55. The molecule has 1 aliphatic rings. The maximum atomic E-state index is 4.30. The summed E-state index contributed by atoms with van der Waals surface area (Å²) < 4.78 is 2.12. The van der Waals surface area contributed by atoms with Gasteiger partial charge in [0, 0.05) is 18.4 Å². The lowest BCUT2D eigenvalue weighted by Gasteiger charge is -2.24. The first-order valence-corrected chi connectivity index (χ1v) is 6.12. The fourth-order valence-corrected chi connectivity index (χ4v) is 2.52. The molecule has 3 nitrogen and oxygen atoms in total. The van der Waals surface area contributed by atoms with E-state index in [-0.39, 0.29) is 0 Å². The lowest BCUT2D eigenvalue weighted by atomic mass is 9.95. The van der Waals surface area contributed by atoms with Crippen molar-refractivity contribution in [2.24, 2.45) is 0 Å². The van der Waals surface area contributed by atoms with E-state index in [9.17, 15) is 0 Å². The number of hydrogen-bond donors (Lipinski definition) is 1. The third-order valence-electron chi connectivity index (χ3n) is 3.39. The maximum absolute atomic E-state index is 4.30. The predicted octanol–water partition coefficient (Wildman–Crippen LogP) is 3.08. The molecule has 0 bridgehead atoms. The van der Waals surface area contributed by atoms with Crippen LogP contribution in [0.25, 0.3) is 5.65 Å². The summed E-state index contributed by atoms with van der Waals surface area (Å²) in [5, 5.41) is 3.63. The highest BCUT2D eigenvalue weighted by molar-refractivity contribution is 5.50. The van der Waals surface area contributed by atoms with Crippen LogP contribution >= 0.6 is 0 Å². The molecular weight excluding hydrogens is 198 g/mol. The van der Waals surface area contributed by atoms with Crippen molar-refractivity contribution in [1.29, 1.82) is 0 Å². The van der Waals surface area contributed by atoms with Gasteiger partial charge in [-0.15, -0.1) is 0 Å². The van der Waals surface area contributed by atoms with Crippen molar-refractivity contribution in [3.8, 4) is 0 Å². The molecule has 1 N–H and O–H groups in total. The molecule has 0 saturated heterocycles. The number of hydrogen-bond acceptors (Lipinski definition) is 2. The first-order chi connectivity index (χ1) is 7.93. The quantitative estimate of drug-likeness (QED) is 0.834. The number of nitrogens with zero attached hydrogens (tertiary/aromatic N) is 2. The molecule has 1 aliphatic carbocycles. The molecule has 0 radical (unpaired) electrons. The molecule has 16 heavy (non-hydrogen) atoms. The Balaban J connectivity index is 1.85. The van der Waals surface area contributed by atoms with E-state index in [0.717, 1.165) is 5.65 Å². The Kier molecular flexibility index (Phi) is 2.52. The molecule has 84 valence electrons. The van der Waals surface area contributed by atoms with Crippen molar-refractivity contribution in [2.45, 2.75) is 38.1 Å². The molecule has 0 amide bonds. The fourth-order valence-electron chi connectivity index (χ4n) is 2.52. The summed E-state index contributed by atoms with van der Waals surface area (Å²) in [5.74, 6) is 1.17. The number of aromatic nitrogens is 2. The van der Waals surface area contributed by atoms with Gasteiger partial charge in [0.25, 0.3) is 0 Å². The van der Waals surface area contributed by atoms with E-state index >= 15 is 0 Å². The SMILES string of the molecule is c1cc(NC2CCCCC2)n2ccnc2c1. The van der Waals surface area contributed by atoms with Crippen LogP contribution in [0.1, 0.15) is 32.1 Å². The van der Waals surface area contributed by atoms with Crippen molar-refractivity contribution in [2.75, 3.05) is 5.32 Å². The van der Waals surface area contributed by atoms with E-state index in [2.05, 4.69) is 26.8 Å². The molecule has 0 aliphatic heterocycles. The molecule has 1 fully saturated rings. The fraction of sp³-hybridized carbons (Fsp3) is 0.462. The summed E-state index contributed by atoms with van der Waals surface area (Å²) in [4.78, 5) is 4.30. The van der Waals surface area contributed by atoms with Crippen LogP contribution in [0.2, 0.25) is 0 Å². The van der Waals surface area contributed by atoms with Crippen molar-refractivity contribution in [1.82, 2.24) is 9.38 Å². The van der Waals surface area contributed by atoms with Crippen molar-refractivity contribution in [3.05, 3.63) is 30.6 Å². The van der Waals surface area contributed by atoms with Gasteiger partial charge in [0.05, 0.1) is 0 Å². The number of imidazole rings is 1. The van der Waals surface area contributed by atoms with Crippen LogP contribution in [0.5, 0.6) is 0 Å². The van der Waals surface area contributed by atoms with Crippen molar-refractivity contribution < 1.29 is 0 Å². The average molecular weight is 215 g/mol. The molecule has 0 spiro atoms.